The summed E-state index contributed by atoms with van der Waals surface area (Å²) in [7, 11) is 1.73. The molecule has 23 heavy (non-hydrogen) atoms. The maximum atomic E-state index is 12.3. The SMILES string of the molecule is CCn1c(C)cc(C(=O)COC(=O)c2ccccc2NC)c1C. The fourth-order valence-corrected chi connectivity index (χ4v) is 2.74. The van der Waals surface area contributed by atoms with Crippen LogP contribution in [-0.2, 0) is 11.3 Å². The number of ether oxygens (including phenoxy) is 1. The third-order valence-corrected chi connectivity index (χ3v) is 3.94. The van der Waals surface area contributed by atoms with E-state index in [0.29, 0.717) is 16.8 Å². The lowest BCUT2D eigenvalue weighted by Gasteiger charge is -2.09. The van der Waals surface area contributed by atoms with Crippen LogP contribution in [0.5, 0.6) is 0 Å². The highest BCUT2D eigenvalue weighted by Crippen LogP contribution is 2.18. The first kappa shape index (κ1) is 16.8. The number of Topliss-reactive ketones (excluding diaryl/α,β-unsaturated/α-hetero) is 1. The standard InChI is InChI=1S/C18H22N2O3/c1-5-20-12(2)10-15(13(20)3)17(21)11-23-18(22)14-8-6-7-9-16(14)19-4/h6-10,19H,5,11H2,1-4H3. The molecular weight excluding hydrogens is 292 g/mol. The zero-order chi connectivity index (χ0) is 17.0. The van der Waals surface area contributed by atoms with Gasteiger partial charge < -0.3 is 14.6 Å². The van der Waals surface area contributed by atoms with Crippen LogP contribution < -0.4 is 5.32 Å². The number of nitrogens with zero attached hydrogens (tertiary/aromatic N) is 1. The molecule has 5 heteroatoms. The molecule has 1 N–H and O–H groups in total. The van der Waals surface area contributed by atoms with Crippen molar-refractivity contribution in [1.29, 1.82) is 0 Å². The maximum absolute atomic E-state index is 12.3. The van der Waals surface area contributed by atoms with E-state index in [1.54, 1.807) is 25.2 Å². The van der Waals surface area contributed by atoms with Gasteiger partial charge in [-0.2, -0.15) is 0 Å². The fourth-order valence-electron chi connectivity index (χ4n) is 2.74. The van der Waals surface area contributed by atoms with E-state index in [1.165, 1.54) is 0 Å². The highest BCUT2D eigenvalue weighted by atomic mass is 16.5. The number of hydrogen-bond donors (Lipinski definition) is 1. The largest absolute Gasteiger partial charge is 0.454 e. The van der Waals surface area contributed by atoms with E-state index >= 15 is 0 Å². The zero-order valence-electron chi connectivity index (χ0n) is 14.0. The first-order valence-corrected chi connectivity index (χ1v) is 7.63. The minimum atomic E-state index is -0.507. The van der Waals surface area contributed by atoms with Crippen molar-refractivity contribution in [3.63, 3.8) is 0 Å². The molecule has 0 aliphatic carbocycles. The maximum Gasteiger partial charge on any atom is 0.340 e. The number of carbonyl (C=O) groups is 2. The predicted molar refractivity (Wildman–Crippen MR) is 90.2 cm³/mol. The summed E-state index contributed by atoms with van der Waals surface area (Å²) in [4.78, 5) is 24.5. The molecule has 0 aliphatic heterocycles. The van der Waals surface area contributed by atoms with E-state index in [2.05, 4.69) is 9.88 Å². The van der Waals surface area contributed by atoms with Crippen LogP contribution in [0.25, 0.3) is 0 Å². The summed E-state index contributed by atoms with van der Waals surface area (Å²) in [5.74, 6) is -0.694. The number of rotatable bonds is 6. The Hall–Kier alpha value is -2.56. The molecule has 1 aromatic carbocycles. The molecule has 0 bridgehead atoms. The summed E-state index contributed by atoms with van der Waals surface area (Å²) in [5.41, 5.74) is 3.64. The minimum absolute atomic E-state index is 0.187. The van der Waals surface area contributed by atoms with Crippen LogP contribution in [0.15, 0.2) is 30.3 Å². The van der Waals surface area contributed by atoms with Gasteiger partial charge in [-0.15, -0.1) is 0 Å². The van der Waals surface area contributed by atoms with Gasteiger partial charge in [0.1, 0.15) is 0 Å². The monoisotopic (exact) mass is 314 g/mol. The molecule has 0 amide bonds. The van der Waals surface area contributed by atoms with Crippen LogP contribution >= 0.6 is 0 Å². The van der Waals surface area contributed by atoms with Crippen LogP contribution in [0.4, 0.5) is 5.69 Å². The van der Waals surface area contributed by atoms with Crippen molar-refractivity contribution in [2.75, 3.05) is 19.0 Å². The normalized spacial score (nSPS) is 10.4. The van der Waals surface area contributed by atoms with E-state index < -0.39 is 5.97 Å². The second kappa shape index (κ2) is 7.13. The molecule has 0 radical (unpaired) electrons. The van der Waals surface area contributed by atoms with Crippen LogP contribution in [0, 0.1) is 13.8 Å². The van der Waals surface area contributed by atoms with Gasteiger partial charge in [0.2, 0.25) is 5.78 Å². The first-order chi connectivity index (χ1) is 11.0. The molecule has 1 heterocycles. The Morgan fingerprint density at radius 1 is 1.17 bits per heavy atom. The second-order valence-electron chi connectivity index (χ2n) is 5.32. The molecule has 0 unspecified atom stereocenters. The van der Waals surface area contributed by atoms with E-state index in [1.807, 2.05) is 32.9 Å². The molecule has 2 aromatic rings. The van der Waals surface area contributed by atoms with Gasteiger partial charge >= 0.3 is 5.97 Å². The number of nitrogens with one attached hydrogen (secondary N) is 1. The number of carbonyl (C=O) groups excluding carboxylic acids is 2. The van der Waals surface area contributed by atoms with Gasteiger partial charge in [-0.25, -0.2) is 4.79 Å². The van der Waals surface area contributed by atoms with Crippen molar-refractivity contribution in [2.45, 2.75) is 27.3 Å². The fraction of sp³-hybridized carbons (Fsp3) is 0.333. The Kier molecular flexibility index (Phi) is 5.21. The van der Waals surface area contributed by atoms with E-state index in [4.69, 9.17) is 4.74 Å². The van der Waals surface area contributed by atoms with Crippen molar-refractivity contribution in [3.8, 4) is 0 Å². The third-order valence-electron chi connectivity index (χ3n) is 3.94. The number of hydrogen-bond acceptors (Lipinski definition) is 4. The van der Waals surface area contributed by atoms with Crippen molar-refractivity contribution >= 4 is 17.4 Å². The number of benzene rings is 1. The Labute approximate surface area is 136 Å². The topological polar surface area (TPSA) is 60.3 Å². The summed E-state index contributed by atoms with van der Waals surface area (Å²) in [5, 5.41) is 2.93. The molecule has 0 atom stereocenters. The van der Waals surface area contributed by atoms with Gasteiger partial charge in [0, 0.05) is 36.2 Å². The van der Waals surface area contributed by atoms with Gasteiger partial charge in [-0.05, 0) is 39.0 Å². The molecule has 0 aliphatic rings. The lowest BCUT2D eigenvalue weighted by Crippen LogP contribution is -2.16. The molecular formula is C18H22N2O3. The number of para-hydroxylation sites is 1. The Morgan fingerprint density at radius 2 is 1.87 bits per heavy atom. The highest BCUT2D eigenvalue weighted by molar-refractivity contribution is 6.01. The van der Waals surface area contributed by atoms with Crippen LogP contribution in [0.2, 0.25) is 0 Å². The highest BCUT2D eigenvalue weighted by Gasteiger charge is 2.18. The molecule has 0 saturated heterocycles. The van der Waals surface area contributed by atoms with Gasteiger partial charge in [0.05, 0.1) is 5.56 Å². The average molecular weight is 314 g/mol. The number of ketones is 1. The second-order valence-corrected chi connectivity index (χ2v) is 5.32. The molecule has 0 saturated carbocycles. The van der Waals surface area contributed by atoms with E-state index in [9.17, 15) is 9.59 Å². The molecule has 2 rings (SSSR count). The zero-order valence-corrected chi connectivity index (χ0v) is 14.0. The van der Waals surface area contributed by atoms with Crippen LogP contribution in [-0.4, -0.2) is 30.0 Å². The van der Waals surface area contributed by atoms with Crippen molar-refractivity contribution in [1.82, 2.24) is 4.57 Å². The van der Waals surface area contributed by atoms with Gasteiger partial charge in [0.25, 0.3) is 0 Å². The first-order valence-electron chi connectivity index (χ1n) is 7.63. The van der Waals surface area contributed by atoms with Crippen molar-refractivity contribution in [3.05, 3.63) is 52.8 Å². The summed E-state index contributed by atoms with van der Waals surface area (Å²) in [6.07, 6.45) is 0. The van der Waals surface area contributed by atoms with E-state index in [0.717, 1.165) is 17.9 Å². The summed E-state index contributed by atoms with van der Waals surface area (Å²) in [6, 6.07) is 8.88. The molecule has 5 nitrogen and oxygen atoms in total. The predicted octanol–water partition coefficient (Wildman–Crippen LogP) is 3.21. The van der Waals surface area contributed by atoms with E-state index in [-0.39, 0.29) is 12.4 Å². The smallest absolute Gasteiger partial charge is 0.340 e. The van der Waals surface area contributed by atoms with Gasteiger partial charge in [0.15, 0.2) is 6.61 Å². The molecule has 0 fully saturated rings. The third kappa shape index (κ3) is 3.44. The Bertz CT molecular complexity index is 732. The van der Waals surface area contributed by atoms with Crippen LogP contribution in [0.1, 0.15) is 39.0 Å². The molecule has 1 aromatic heterocycles. The minimum Gasteiger partial charge on any atom is -0.454 e. The summed E-state index contributed by atoms with van der Waals surface area (Å²) in [6.45, 7) is 6.44. The average Bonchev–Trinajstić information content (AvgIpc) is 2.86. The van der Waals surface area contributed by atoms with Gasteiger partial charge in [-0.3, -0.25) is 4.79 Å². The van der Waals surface area contributed by atoms with Crippen molar-refractivity contribution < 1.29 is 14.3 Å². The Morgan fingerprint density at radius 3 is 2.48 bits per heavy atom. The lowest BCUT2D eigenvalue weighted by atomic mass is 10.1. The number of aromatic nitrogens is 1. The summed E-state index contributed by atoms with van der Waals surface area (Å²) >= 11 is 0. The quantitative estimate of drug-likeness (QED) is 0.657. The number of anilines is 1. The lowest BCUT2D eigenvalue weighted by molar-refractivity contribution is 0.0475. The molecule has 122 valence electrons. The van der Waals surface area contributed by atoms with Crippen LogP contribution in [0.3, 0.4) is 0 Å². The Balaban J connectivity index is 2.09. The number of esters is 1. The molecule has 0 spiro atoms. The van der Waals surface area contributed by atoms with Crippen molar-refractivity contribution in [2.24, 2.45) is 0 Å². The number of aryl methyl sites for hydroxylation is 1. The summed E-state index contributed by atoms with van der Waals surface area (Å²) < 4.78 is 7.25. The van der Waals surface area contributed by atoms with Gasteiger partial charge in [-0.1, -0.05) is 12.1 Å².